The summed E-state index contributed by atoms with van der Waals surface area (Å²) in [6.45, 7) is -0.212. The van der Waals surface area contributed by atoms with E-state index in [1.54, 1.807) is 6.07 Å². The Labute approximate surface area is 128 Å². The third kappa shape index (κ3) is 2.82. The average molecular weight is 293 g/mol. The molecule has 3 aromatic rings. The van der Waals surface area contributed by atoms with E-state index in [0.717, 1.165) is 22.2 Å². The molecule has 0 fully saturated rings. The van der Waals surface area contributed by atoms with E-state index in [1.807, 2.05) is 54.6 Å². The first-order valence-electron chi connectivity index (χ1n) is 7.03. The first-order valence-corrected chi connectivity index (χ1v) is 7.03. The second kappa shape index (κ2) is 6.37. The number of benzene rings is 2. The van der Waals surface area contributed by atoms with Crippen molar-refractivity contribution in [1.82, 2.24) is 4.98 Å². The summed E-state index contributed by atoms with van der Waals surface area (Å²) in [5.74, 6) is -0.454. The lowest BCUT2D eigenvalue weighted by atomic mass is 10.0. The van der Waals surface area contributed by atoms with Crippen LogP contribution < -0.4 is 0 Å². The van der Waals surface area contributed by atoms with Gasteiger partial charge in [-0.25, -0.2) is 9.78 Å². The highest BCUT2D eigenvalue weighted by Gasteiger charge is 2.14. The van der Waals surface area contributed by atoms with E-state index in [-0.39, 0.29) is 13.2 Å². The summed E-state index contributed by atoms with van der Waals surface area (Å²) in [7, 11) is 0. The molecule has 110 valence electrons. The molecule has 0 saturated heterocycles. The van der Waals surface area contributed by atoms with Gasteiger partial charge in [-0.05, 0) is 12.1 Å². The molecule has 0 aliphatic carbocycles. The largest absolute Gasteiger partial charge is 0.460 e. The molecule has 4 heteroatoms. The van der Waals surface area contributed by atoms with E-state index in [9.17, 15) is 4.79 Å². The van der Waals surface area contributed by atoms with Crippen LogP contribution in [0.15, 0.2) is 60.7 Å². The van der Waals surface area contributed by atoms with Crippen molar-refractivity contribution < 1.29 is 14.6 Å². The Morgan fingerprint density at radius 2 is 1.77 bits per heavy atom. The number of para-hydroxylation sites is 1. The standard InChI is InChI=1S/C18H15NO3/c20-10-11-22-18(21)15-12-17(13-6-2-1-3-7-13)19-16-9-5-4-8-14(15)16/h1-9,12,20H,10-11H2. The number of ether oxygens (including phenoxy) is 1. The van der Waals surface area contributed by atoms with Gasteiger partial charge < -0.3 is 9.84 Å². The van der Waals surface area contributed by atoms with Crippen molar-refractivity contribution in [3.8, 4) is 11.3 Å². The molecule has 3 rings (SSSR count). The number of hydrogen-bond donors (Lipinski definition) is 1. The molecule has 0 aliphatic heterocycles. The Morgan fingerprint density at radius 1 is 1.05 bits per heavy atom. The molecule has 0 spiro atoms. The number of aliphatic hydroxyl groups excluding tert-OH is 1. The summed E-state index contributed by atoms with van der Waals surface area (Å²) < 4.78 is 5.06. The molecule has 0 bridgehead atoms. The summed E-state index contributed by atoms with van der Waals surface area (Å²) >= 11 is 0. The van der Waals surface area contributed by atoms with Crippen LogP contribution in [-0.4, -0.2) is 29.3 Å². The monoisotopic (exact) mass is 293 g/mol. The van der Waals surface area contributed by atoms with Crippen LogP contribution in [0.1, 0.15) is 10.4 Å². The third-order valence-corrected chi connectivity index (χ3v) is 3.33. The summed E-state index contributed by atoms with van der Waals surface area (Å²) in [4.78, 5) is 16.9. The lowest BCUT2D eigenvalue weighted by Gasteiger charge is -2.09. The van der Waals surface area contributed by atoms with E-state index in [2.05, 4.69) is 4.98 Å². The molecule has 1 N–H and O–H groups in total. The molecule has 0 saturated carbocycles. The number of esters is 1. The van der Waals surface area contributed by atoms with Crippen LogP contribution in [0, 0.1) is 0 Å². The number of aromatic nitrogens is 1. The van der Waals surface area contributed by atoms with Crippen LogP contribution in [0.2, 0.25) is 0 Å². The van der Waals surface area contributed by atoms with E-state index >= 15 is 0 Å². The topological polar surface area (TPSA) is 59.4 Å². The number of hydrogen-bond acceptors (Lipinski definition) is 4. The number of pyridine rings is 1. The van der Waals surface area contributed by atoms with Crippen LogP contribution in [0.25, 0.3) is 22.2 Å². The predicted molar refractivity (Wildman–Crippen MR) is 84.5 cm³/mol. The Balaban J connectivity index is 2.14. The zero-order valence-corrected chi connectivity index (χ0v) is 11.9. The van der Waals surface area contributed by atoms with Crippen molar-refractivity contribution >= 4 is 16.9 Å². The number of aliphatic hydroxyl groups is 1. The summed E-state index contributed by atoms with van der Waals surface area (Å²) in [5.41, 5.74) is 2.84. The van der Waals surface area contributed by atoms with Gasteiger partial charge in [-0.1, -0.05) is 48.5 Å². The van der Waals surface area contributed by atoms with Gasteiger partial charge in [0.2, 0.25) is 0 Å². The predicted octanol–water partition coefficient (Wildman–Crippen LogP) is 3.05. The fraction of sp³-hybridized carbons (Fsp3) is 0.111. The van der Waals surface area contributed by atoms with Crippen molar-refractivity contribution in [3.05, 3.63) is 66.2 Å². The molecule has 0 amide bonds. The van der Waals surface area contributed by atoms with Crippen LogP contribution in [0.3, 0.4) is 0 Å². The lowest BCUT2D eigenvalue weighted by Crippen LogP contribution is -2.10. The van der Waals surface area contributed by atoms with Crippen molar-refractivity contribution in [2.45, 2.75) is 0 Å². The van der Waals surface area contributed by atoms with Gasteiger partial charge in [-0.3, -0.25) is 0 Å². The normalized spacial score (nSPS) is 10.6. The minimum atomic E-state index is -0.454. The fourth-order valence-electron chi connectivity index (χ4n) is 2.32. The third-order valence-electron chi connectivity index (χ3n) is 3.33. The quantitative estimate of drug-likeness (QED) is 0.751. The second-order valence-corrected chi connectivity index (χ2v) is 4.80. The van der Waals surface area contributed by atoms with Crippen molar-refractivity contribution in [2.24, 2.45) is 0 Å². The summed E-state index contributed by atoms with van der Waals surface area (Å²) in [6, 6.07) is 18.9. The van der Waals surface area contributed by atoms with E-state index in [1.165, 1.54) is 0 Å². The molecule has 4 nitrogen and oxygen atoms in total. The highest BCUT2D eigenvalue weighted by molar-refractivity contribution is 6.04. The van der Waals surface area contributed by atoms with Gasteiger partial charge in [-0.15, -0.1) is 0 Å². The first kappa shape index (κ1) is 14.2. The van der Waals surface area contributed by atoms with Gasteiger partial charge in [0.15, 0.2) is 0 Å². The van der Waals surface area contributed by atoms with E-state index < -0.39 is 5.97 Å². The Kier molecular flexibility index (Phi) is 4.12. The molecule has 22 heavy (non-hydrogen) atoms. The highest BCUT2D eigenvalue weighted by atomic mass is 16.5. The first-order chi connectivity index (χ1) is 10.8. The summed E-state index contributed by atoms with van der Waals surface area (Å²) in [5, 5.41) is 9.56. The van der Waals surface area contributed by atoms with E-state index in [4.69, 9.17) is 9.84 Å². The van der Waals surface area contributed by atoms with Gasteiger partial charge in [0.05, 0.1) is 23.4 Å². The number of rotatable bonds is 4. The maximum atomic E-state index is 12.2. The van der Waals surface area contributed by atoms with Crippen LogP contribution in [0.5, 0.6) is 0 Å². The van der Waals surface area contributed by atoms with Crippen molar-refractivity contribution in [3.63, 3.8) is 0 Å². The molecule has 0 unspecified atom stereocenters. The Bertz CT molecular complexity index is 800. The zero-order valence-electron chi connectivity index (χ0n) is 11.9. The zero-order chi connectivity index (χ0) is 15.4. The lowest BCUT2D eigenvalue weighted by molar-refractivity contribution is 0.0436. The summed E-state index contributed by atoms with van der Waals surface area (Å²) in [6.07, 6.45) is 0. The van der Waals surface area contributed by atoms with Crippen molar-refractivity contribution in [2.75, 3.05) is 13.2 Å². The smallest absolute Gasteiger partial charge is 0.338 e. The minimum Gasteiger partial charge on any atom is -0.460 e. The maximum Gasteiger partial charge on any atom is 0.338 e. The molecule has 2 aromatic carbocycles. The molecule has 1 heterocycles. The Morgan fingerprint density at radius 3 is 2.55 bits per heavy atom. The van der Waals surface area contributed by atoms with Gasteiger partial charge in [0.25, 0.3) is 0 Å². The Hall–Kier alpha value is -2.72. The fourth-order valence-corrected chi connectivity index (χ4v) is 2.32. The van der Waals surface area contributed by atoms with Gasteiger partial charge >= 0.3 is 5.97 Å². The van der Waals surface area contributed by atoms with Crippen LogP contribution in [-0.2, 0) is 4.74 Å². The highest BCUT2D eigenvalue weighted by Crippen LogP contribution is 2.25. The number of carbonyl (C=O) groups is 1. The molecule has 0 aliphatic rings. The van der Waals surface area contributed by atoms with Crippen molar-refractivity contribution in [1.29, 1.82) is 0 Å². The van der Waals surface area contributed by atoms with Crippen LogP contribution >= 0.6 is 0 Å². The molecule has 0 atom stereocenters. The van der Waals surface area contributed by atoms with E-state index in [0.29, 0.717) is 5.56 Å². The van der Waals surface area contributed by atoms with Gasteiger partial charge in [-0.2, -0.15) is 0 Å². The van der Waals surface area contributed by atoms with Gasteiger partial charge in [0.1, 0.15) is 6.61 Å². The molecular weight excluding hydrogens is 278 g/mol. The SMILES string of the molecule is O=C(OCCO)c1cc(-c2ccccc2)nc2ccccc12. The van der Waals surface area contributed by atoms with Gasteiger partial charge in [0, 0.05) is 10.9 Å². The minimum absolute atomic E-state index is 0.0177. The maximum absolute atomic E-state index is 12.2. The molecular formula is C18H15NO3. The molecule has 0 radical (unpaired) electrons. The number of fused-ring (bicyclic) bond motifs is 1. The molecule has 1 aromatic heterocycles. The number of carbonyl (C=O) groups excluding carboxylic acids is 1. The number of nitrogens with zero attached hydrogens (tertiary/aromatic N) is 1. The second-order valence-electron chi connectivity index (χ2n) is 4.80. The average Bonchev–Trinajstić information content (AvgIpc) is 2.59. The van der Waals surface area contributed by atoms with Crippen LogP contribution in [0.4, 0.5) is 0 Å².